The monoisotopic (exact) mass is 257 g/mol. The Kier molecular flexibility index (Phi) is 3.61. The van der Waals surface area contributed by atoms with Gasteiger partial charge in [0, 0.05) is 12.0 Å². The van der Waals surface area contributed by atoms with Crippen LogP contribution in [-0.4, -0.2) is 16.7 Å². The quantitative estimate of drug-likeness (QED) is 0.851. The van der Waals surface area contributed by atoms with Crippen molar-refractivity contribution in [2.45, 2.75) is 12.8 Å². The Morgan fingerprint density at radius 1 is 1.17 bits per heavy atom. The number of aryl methyl sites for hydroxylation is 1. The zero-order chi connectivity index (χ0) is 13.1. The van der Waals surface area contributed by atoms with Crippen LogP contribution in [-0.2, 0) is 6.42 Å². The Morgan fingerprint density at radius 3 is 2.44 bits per heavy atom. The average molecular weight is 257 g/mol. The molecule has 0 radical (unpaired) electrons. The first kappa shape index (κ1) is 12.6. The summed E-state index contributed by atoms with van der Waals surface area (Å²) in [6, 6.07) is 1.61. The third-order valence-electron chi connectivity index (χ3n) is 2.30. The fourth-order valence-corrected chi connectivity index (χ4v) is 1.41. The Morgan fingerprint density at radius 2 is 1.83 bits per heavy atom. The summed E-state index contributed by atoms with van der Waals surface area (Å²) in [6.07, 6.45) is 1.18. The van der Waals surface area contributed by atoms with Gasteiger partial charge in [-0.2, -0.15) is 4.98 Å². The molecule has 0 amide bonds. The van der Waals surface area contributed by atoms with Crippen molar-refractivity contribution >= 4 is 0 Å². The van der Waals surface area contributed by atoms with Gasteiger partial charge in [-0.1, -0.05) is 5.16 Å². The third-order valence-corrected chi connectivity index (χ3v) is 2.30. The van der Waals surface area contributed by atoms with Crippen LogP contribution in [0.3, 0.4) is 0 Å². The lowest BCUT2D eigenvalue weighted by atomic mass is 10.2. The summed E-state index contributed by atoms with van der Waals surface area (Å²) < 4.78 is 43.6. The van der Waals surface area contributed by atoms with E-state index >= 15 is 0 Å². The van der Waals surface area contributed by atoms with Gasteiger partial charge in [-0.05, 0) is 25.1 Å². The van der Waals surface area contributed by atoms with Gasteiger partial charge in [0.2, 0.25) is 0 Å². The van der Waals surface area contributed by atoms with Gasteiger partial charge in [0.05, 0.1) is 0 Å². The molecule has 2 aromatic rings. The SMILES string of the molecule is NCCCc1noc(-c2cc(F)c(F)c(F)c2)n1. The standard InChI is InChI=1S/C11H10F3N3O/c12-7-4-6(5-8(13)10(7)14)11-16-9(17-18-11)2-1-3-15/h4-5H,1-3,15H2. The molecule has 96 valence electrons. The number of halogens is 3. The van der Waals surface area contributed by atoms with Crippen LogP contribution in [0.4, 0.5) is 13.2 Å². The average Bonchev–Trinajstić information content (AvgIpc) is 2.81. The van der Waals surface area contributed by atoms with Gasteiger partial charge in [-0.25, -0.2) is 13.2 Å². The van der Waals surface area contributed by atoms with Crippen LogP contribution in [0.5, 0.6) is 0 Å². The fourth-order valence-electron chi connectivity index (χ4n) is 1.41. The summed E-state index contributed by atoms with van der Waals surface area (Å²) in [6.45, 7) is 0.476. The zero-order valence-electron chi connectivity index (χ0n) is 9.29. The summed E-state index contributed by atoms with van der Waals surface area (Å²) >= 11 is 0. The highest BCUT2D eigenvalue weighted by molar-refractivity contribution is 5.53. The molecule has 4 nitrogen and oxygen atoms in total. The highest BCUT2D eigenvalue weighted by atomic mass is 19.2. The first-order valence-corrected chi connectivity index (χ1v) is 5.29. The van der Waals surface area contributed by atoms with Crippen molar-refractivity contribution in [3.05, 3.63) is 35.4 Å². The summed E-state index contributed by atoms with van der Waals surface area (Å²) in [5.74, 6) is -3.79. The molecule has 0 saturated carbocycles. The highest BCUT2D eigenvalue weighted by Crippen LogP contribution is 2.22. The van der Waals surface area contributed by atoms with E-state index in [1.165, 1.54) is 0 Å². The number of benzene rings is 1. The van der Waals surface area contributed by atoms with Gasteiger partial charge in [-0.15, -0.1) is 0 Å². The third kappa shape index (κ3) is 2.51. The van der Waals surface area contributed by atoms with Crippen molar-refractivity contribution in [1.29, 1.82) is 0 Å². The van der Waals surface area contributed by atoms with Crippen LogP contribution < -0.4 is 5.73 Å². The molecule has 0 spiro atoms. The Balaban J connectivity index is 2.28. The first-order chi connectivity index (χ1) is 8.61. The lowest BCUT2D eigenvalue weighted by Gasteiger charge is -1.97. The van der Waals surface area contributed by atoms with E-state index in [1.54, 1.807) is 0 Å². The molecular formula is C11H10F3N3O. The predicted octanol–water partition coefficient (Wildman–Crippen LogP) is 2.05. The van der Waals surface area contributed by atoms with E-state index < -0.39 is 17.5 Å². The number of nitrogens with two attached hydrogens (primary N) is 1. The Labute approximate surface area is 101 Å². The number of hydrogen-bond donors (Lipinski definition) is 1. The van der Waals surface area contributed by atoms with Gasteiger partial charge in [0.1, 0.15) is 0 Å². The van der Waals surface area contributed by atoms with E-state index in [0.29, 0.717) is 25.2 Å². The largest absolute Gasteiger partial charge is 0.334 e. The molecule has 0 bridgehead atoms. The Hall–Kier alpha value is -1.89. The van der Waals surface area contributed by atoms with Crippen LogP contribution >= 0.6 is 0 Å². The second kappa shape index (κ2) is 5.18. The van der Waals surface area contributed by atoms with E-state index in [0.717, 1.165) is 12.1 Å². The topological polar surface area (TPSA) is 64.9 Å². The van der Waals surface area contributed by atoms with Crippen molar-refractivity contribution in [1.82, 2.24) is 10.1 Å². The molecule has 18 heavy (non-hydrogen) atoms. The summed E-state index contributed by atoms with van der Waals surface area (Å²) in [7, 11) is 0. The maximum absolute atomic E-state index is 13.0. The van der Waals surface area contributed by atoms with Crippen molar-refractivity contribution in [2.24, 2.45) is 5.73 Å². The van der Waals surface area contributed by atoms with E-state index in [-0.39, 0.29) is 11.5 Å². The van der Waals surface area contributed by atoms with Crippen LogP contribution in [0.15, 0.2) is 16.7 Å². The predicted molar refractivity (Wildman–Crippen MR) is 57.0 cm³/mol. The summed E-state index contributed by atoms with van der Waals surface area (Å²) in [5, 5.41) is 3.63. The minimum atomic E-state index is -1.53. The number of hydrogen-bond acceptors (Lipinski definition) is 4. The summed E-state index contributed by atoms with van der Waals surface area (Å²) in [5.41, 5.74) is 5.32. The minimum absolute atomic E-state index is 0.00195. The lowest BCUT2D eigenvalue weighted by Crippen LogP contribution is -2.01. The normalized spacial score (nSPS) is 10.9. The molecule has 0 aliphatic heterocycles. The maximum atomic E-state index is 13.0. The molecule has 1 aromatic carbocycles. The van der Waals surface area contributed by atoms with Crippen LogP contribution in [0.2, 0.25) is 0 Å². The first-order valence-electron chi connectivity index (χ1n) is 5.29. The minimum Gasteiger partial charge on any atom is -0.334 e. The second-order valence-corrected chi connectivity index (χ2v) is 3.66. The van der Waals surface area contributed by atoms with Gasteiger partial charge in [-0.3, -0.25) is 0 Å². The molecule has 0 fully saturated rings. The highest BCUT2D eigenvalue weighted by Gasteiger charge is 2.15. The molecule has 2 rings (SSSR count). The molecule has 0 aliphatic rings. The molecule has 0 unspecified atom stereocenters. The molecule has 0 atom stereocenters. The van der Waals surface area contributed by atoms with Crippen molar-refractivity contribution in [2.75, 3.05) is 6.54 Å². The zero-order valence-corrected chi connectivity index (χ0v) is 9.29. The van der Waals surface area contributed by atoms with Gasteiger partial charge in [0.15, 0.2) is 23.3 Å². The molecular weight excluding hydrogens is 247 g/mol. The van der Waals surface area contributed by atoms with E-state index in [4.69, 9.17) is 10.3 Å². The number of nitrogens with zero attached hydrogens (tertiary/aromatic N) is 2. The van der Waals surface area contributed by atoms with E-state index in [9.17, 15) is 13.2 Å². The lowest BCUT2D eigenvalue weighted by molar-refractivity contribution is 0.418. The number of rotatable bonds is 4. The molecule has 0 saturated heterocycles. The van der Waals surface area contributed by atoms with Gasteiger partial charge < -0.3 is 10.3 Å². The fraction of sp³-hybridized carbons (Fsp3) is 0.273. The van der Waals surface area contributed by atoms with Crippen molar-refractivity contribution < 1.29 is 17.7 Å². The van der Waals surface area contributed by atoms with Crippen LogP contribution in [0.25, 0.3) is 11.5 Å². The van der Waals surface area contributed by atoms with Gasteiger partial charge >= 0.3 is 0 Å². The maximum Gasteiger partial charge on any atom is 0.258 e. The number of aromatic nitrogens is 2. The smallest absolute Gasteiger partial charge is 0.258 e. The summed E-state index contributed by atoms with van der Waals surface area (Å²) in [4.78, 5) is 3.94. The van der Waals surface area contributed by atoms with Crippen LogP contribution in [0, 0.1) is 17.5 Å². The van der Waals surface area contributed by atoms with Crippen molar-refractivity contribution in [3.8, 4) is 11.5 Å². The van der Waals surface area contributed by atoms with E-state index in [1.807, 2.05) is 0 Å². The van der Waals surface area contributed by atoms with Crippen molar-refractivity contribution in [3.63, 3.8) is 0 Å². The Bertz CT molecular complexity index is 533. The molecule has 2 N–H and O–H groups in total. The second-order valence-electron chi connectivity index (χ2n) is 3.66. The van der Waals surface area contributed by atoms with Gasteiger partial charge in [0.25, 0.3) is 5.89 Å². The molecule has 1 aromatic heterocycles. The van der Waals surface area contributed by atoms with E-state index in [2.05, 4.69) is 10.1 Å². The molecule has 0 aliphatic carbocycles. The van der Waals surface area contributed by atoms with Crippen LogP contribution in [0.1, 0.15) is 12.2 Å². The molecule has 1 heterocycles. The molecule has 7 heteroatoms.